The Balaban J connectivity index is 1.88. The number of furan rings is 1. The van der Waals surface area contributed by atoms with Gasteiger partial charge in [-0.15, -0.1) is 0 Å². The van der Waals surface area contributed by atoms with Crippen LogP contribution < -0.4 is 5.32 Å². The highest BCUT2D eigenvalue weighted by molar-refractivity contribution is 9.10. The maximum atomic E-state index is 9.89. The molecule has 0 saturated heterocycles. The standard InChI is InChI=1S/C14H16BrNO2/c1-10(11-4-6-12(15)7-5-11)16-9-13(17)14-3-2-8-18-14/h2-8,10,13,16-17H,9H2,1H3/t10-,13?/m0/s1. The third kappa shape index (κ3) is 3.45. The van der Waals surface area contributed by atoms with Crippen molar-refractivity contribution in [3.63, 3.8) is 0 Å². The molecule has 0 bridgehead atoms. The maximum Gasteiger partial charge on any atom is 0.133 e. The van der Waals surface area contributed by atoms with Crippen molar-refractivity contribution in [3.8, 4) is 0 Å². The van der Waals surface area contributed by atoms with E-state index >= 15 is 0 Å². The number of rotatable bonds is 5. The minimum atomic E-state index is -0.613. The predicted molar refractivity (Wildman–Crippen MR) is 74.2 cm³/mol. The number of benzene rings is 1. The Labute approximate surface area is 115 Å². The molecule has 2 N–H and O–H groups in total. The number of hydrogen-bond donors (Lipinski definition) is 2. The normalized spacial score (nSPS) is 14.4. The van der Waals surface area contributed by atoms with Crippen molar-refractivity contribution >= 4 is 15.9 Å². The third-order valence-electron chi connectivity index (χ3n) is 2.86. The van der Waals surface area contributed by atoms with E-state index in [2.05, 4.69) is 40.3 Å². The second-order valence-corrected chi connectivity index (χ2v) is 5.13. The summed E-state index contributed by atoms with van der Waals surface area (Å²) < 4.78 is 6.22. The quantitative estimate of drug-likeness (QED) is 0.889. The molecule has 1 heterocycles. The summed E-state index contributed by atoms with van der Waals surface area (Å²) in [6.45, 7) is 2.53. The maximum absolute atomic E-state index is 9.89. The van der Waals surface area contributed by atoms with E-state index in [1.807, 2.05) is 12.1 Å². The summed E-state index contributed by atoms with van der Waals surface area (Å²) >= 11 is 3.41. The average molecular weight is 310 g/mol. The summed E-state index contributed by atoms with van der Waals surface area (Å²) in [4.78, 5) is 0. The molecular formula is C14H16BrNO2. The first-order chi connectivity index (χ1) is 8.66. The second kappa shape index (κ2) is 6.18. The number of aliphatic hydroxyl groups excluding tert-OH is 1. The van der Waals surface area contributed by atoms with Crippen molar-refractivity contribution in [2.75, 3.05) is 6.54 Å². The first-order valence-corrected chi connectivity index (χ1v) is 6.66. The zero-order valence-electron chi connectivity index (χ0n) is 10.1. The molecule has 3 nitrogen and oxygen atoms in total. The molecule has 1 unspecified atom stereocenters. The van der Waals surface area contributed by atoms with Gasteiger partial charge in [0.15, 0.2) is 0 Å². The molecule has 1 aromatic heterocycles. The average Bonchev–Trinajstić information content (AvgIpc) is 2.90. The molecule has 0 aliphatic heterocycles. The summed E-state index contributed by atoms with van der Waals surface area (Å²) in [5, 5.41) is 13.2. The molecule has 4 heteroatoms. The van der Waals surface area contributed by atoms with E-state index in [0.717, 1.165) is 4.47 Å². The summed E-state index contributed by atoms with van der Waals surface area (Å²) in [6.07, 6.45) is 0.953. The highest BCUT2D eigenvalue weighted by Crippen LogP contribution is 2.18. The lowest BCUT2D eigenvalue weighted by Crippen LogP contribution is -2.24. The molecule has 2 rings (SSSR count). The molecule has 0 fully saturated rings. The molecule has 96 valence electrons. The first kappa shape index (κ1) is 13.3. The van der Waals surface area contributed by atoms with Gasteiger partial charge in [0.1, 0.15) is 11.9 Å². The van der Waals surface area contributed by atoms with E-state index in [1.165, 1.54) is 5.56 Å². The van der Waals surface area contributed by atoms with Gasteiger partial charge in [-0.2, -0.15) is 0 Å². The van der Waals surface area contributed by atoms with E-state index in [1.54, 1.807) is 18.4 Å². The minimum absolute atomic E-state index is 0.183. The Bertz CT molecular complexity index is 467. The lowest BCUT2D eigenvalue weighted by atomic mass is 10.1. The van der Waals surface area contributed by atoms with Gasteiger partial charge in [0, 0.05) is 17.1 Å². The molecule has 0 amide bonds. The lowest BCUT2D eigenvalue weighted by Gasteiger charge is -2.16. The van der Waals surface area contributed by atoms with Crippen LogP contribution in [0.15, 0.2) is 51.6 Å². The van der Waals surface area contributed by atoms with Crippen LogP contribution in [0, 0.1) is 0 Å². The van der Waals surface area contributed by atoms with E-state index in [-0.39, 0.29) is 6.04 Å². The van der Waals surface area contributed by atoms with Crippen LogP contribution in [0.2, 0.25) is 0 Å². The van der Waals surface area contributed by atoms with Gasteiger partial charge >= 0.3 is 0 Å². The summed E-state index contributed by atoms with van der Waals surface area (Å²) in [5.74, 6) is 0.588. The monoisotopic (exact) mass is 309 g/mol. The van der Waals surface area contributed by atoms with Gasteiger partial charge in [-0.25, -0.2) is 0 Å². The molecule has 0 aliphatic rings. The predicted octanol–water partition coefficient (Wildman–Crippen LogP) is 3.43. The Hall–Kier alpha value is -1.10. The van der Waals surface area contributed by atoms with Gasteiger partial charge in [-0.3, -0.25) is 0 Å². The molecule has 2 atom stereocenters. The van der Waals surface area contributed by atoms with E-state index in [9.17, 15) is 5.11 Å². The van der Waals surface area contributed by atoms with Crippen LogP contribution in [0.4, 0.5) is 0 Å². The van der Waals surface area contributed by atoms with Crippen LogP contribution >= 0.6 is 15.9 Å². The van der Waals surface area contributed by atoms with Crippen molar-refractivity contribution in [3.05, 3.63) is 58.5 Å². The molecule has 0 spiro atoms. The molecule has 0 aliphatic carbocycles. The highest BCUT2D eigenvalue weighted by Gasteiger charge is 2.12. The number of halogens is 1. The second-order valence-electron chi connectivity index (χ2n) is 4.21. The van der Waals surface area contributed by atoms with E-state index in [4.69, 9.17) is 4.42 Å². The largest absolute Gasteiger partial charge is 0.467 e. The van der Waals surface area contributed by atoms with E-state index < -0.39 is 6.10 Å². The smallest absolute Gasteiger partial charge is 0.133 e. The molecule has 0 saturated carbocycles. The van der Waals surface area contributed by atoms with Crippen molar-refractivity contribution in [2.45, 2.75) is 19.1 Å². The number of aliphatic hydroxyl groups is 1. The number of hydrogen-bond acceptors (Lipinski definition) is 3. The Morgan fingerprint density at radius 1 is 1.28 bits per heavy atom. The zero-order valence-corrected chi connectivity index (χ0v) is 11.7. The van der Waals surface area contributed by atoms with Crippen LogP contribution in [0.1, 0.15) is 30.4 Å². The Morgan fingerprint density at radius 3 is 2.61 bits per heavy atom. The minimum Gasteiger partial charge on any atom is -0.467 e. The van der Waals surface area contributed by atoms with Crippen LogP contribution in [-0.2, 0) is 0 Å². The zero-order chi connectivity index (χ0) is 13.0. The fraction of sp³-hybridized carbons (Fsp3) is 0.286. The van der Waals surface area contributed by atoms with Gasteiger partial charge in [0.05, 0.1) is 6.26 Å². The lowest BCUT2D eigenvalue weighted by molar-refractivity contribution is 0.144. The van der Waals surface area contributed by atoms with Gasteiger partial charge < -0.3 is 14.8 Å². The van der Waals surface area contributed by atoms with Crippen molar-refractivity contribution in [1.29, 1.82) is 0 Å². The summed E-state index contributed by atoms with van der Waals surface area (Å²) in [7, 11) is 0. The first-order valence-electron chi connectivity index (χ1n) is 5.87. The van der Waals surface area contributed by atoms with Crippen molar-refractivity contribution < 1.29 is 9.52 Å². The van der Waals surface area contributed by atoms with Crippen LogP contribution in [0.5, 0.6) is 0 Å². The number of nitrogens with one attached hydrogen (secondary N) is 1. The topological polar surface area (TPSA) is 45.4 Å². The highest BCUT2D eigenvalue weighted by atomic mass is 79.9. The molecular weight excluding hydrogens is 294 g/mol. The van der Waals surface area contributed by atoms with Gasteiger partial charge in [-0.05, 0) is 36.8 Å². The SMILES string of the molecule is C[C@H](NCC(O)c1ccco1)c1ccc(Br)cc1. The Kier molecular flexibility index (Phi) is 4.58. The van der Waals surface area contributed by atoms with Crippen molar-refractivity contribution in [2.24, 2.45) is 0 Å². The molecule has 0 radical (unpaired) electrons. The summed E-state index contributed by atoms with van der Waals surface area (Å²) in [5.41, 5.74) is 1.19. The van der Waals surface area contributed by atoms with Crippen LogP contribution in [0.3, 0.4) is 0 Å². The molecule has 1 aromatic carbocycles. The van der Waals surface area contributed by atoms with Gasteiger partial charge in [0.2, 0.25) is 0 Å². The summed E-state index contributed by atoms with van der Waals surface area (Å²) in [6, 6.07) is 11.9. The Morgan fingerprint density at radius 2 is 2.00 bits per heavy atom. The third-order valence-corrected chi connectivity index (χ3v) is 3.39. The van der Waals surface area contributed by atoms with Gasteiger partial charge in [-0.1, -0.05) is 28.1 Å². The van der Waals surface area contributed by atoms with Crippen LogP contribution in [0.25, 0.3) is 0 Å². The van der Waals surface area contributed by atoms with Crippen molar-refractivity contribution in [1.82, 2.24) is 5.32 Å². The molecule has 2 aromatic rings. The van der Waals surface area contributed by atoms with Crippen LogP contribution in [-0.4, -0.2) is 11.7 Å². The van der Waals surface area contributed by atoms with E-state index in [0.29, 0.717) is 12.3 Å². The van der Waals surface area contributed by atoms with Gasteiger partial charge in [0.25, 0.3) is 0 Å². The molecule has 18 heavy (non-hydrogen) atoms. The fourth-order valence-electron chi connectivity index (χ4n) is 1.74. The fourth-order valence-corrected chi connectivity index (χ4v) is 2.00.